The monoisotopic (exact) mass is 403 g/mol. The Morgan fingerprint density at radius 2 is 2.00 bits per heavy atom. The van der Waals surface area contributed by atoms with Gasteiger partial charge in [-0.2, -0.15) is 0 Å². The number of rotatable bonds is 2. The molecule has 27 heavy (non-hydrogen) atoms. The highest BCUT2D eigenvalue weighted by Gasteiger charge is 2.39. The molecule has 0 radical (unpaired) electrons. The van der Waals surface area contributed by atoms with E-state index in [-0.39, 0.29) is 16.9 Å². The van der Waals surface area contributed by atoms with E-state index in [1.165, 1.54) is 0 Å². The van der Waals surface area contributed by atoms with Crippen LogP contribution in [0.2, 0.25) is 10.0 Å². The number of fused-ring (bicyclic) bond motifs is 1. The molecule has 7 heteroatoms. The molecule has 1 amide bonds. The van der Waals surface area contributed by atoms with Crippen LogP contribution in [0.5, 0.6) is 0 Å². The Hall–Kier alpha value is -2.24. The molecule has 0 bridgehead atoms. The Balaban J connectivity index is 1.68. The lowest BCUT2D eigenvalue weighted by atomic mass is 9.82. The lowest BCUT2D eigenvalue weighted by Gasteiger charge is -2.26. The molecule has 2 N–H and O–H groups in total. The summed E-state index contributed by atoms with van der Waals surface area (Å²) in [6.45, 7) is 5.08. The Bertz CT molecular complexity index is 1120. The van der Waals surface area contributed by atoms with Gasteiger partial charge in [0.15, 0.2) is 0 Å². The first-order chi connectivity index (χ1) is 12.8. The van der Waals surface area contributed by atoms with Gasteiger partial charge >= 0.3 is 0 Å². The van der Waals surface area contributed by atoms with E-state index in [9.17, 15) is 9.59 Å². The SMILES string of the molecule is Cc1c[nH]c(=O)c2c(C(=O)N3CCC(C)(c4cc(Cl)ccc4Cl)C3)c[nH]c12. The molecule has 1 aromatic carbocycles. The number of hydrogen-bond donors (Lipinski definition) is 2. The zero-order valence-corrected chi connectivity index (χ0v) is 16.5. The Morgan fingerprint density at radius 1 is 1.22 bits per heavy atom. The second-order valence-corrected chi connectivity index (χ2v) is 8.26. The van der Waals surface area contributed by atoms with Crippen molar-refractivity contribution in [3.8, 4) is 0 Å². The number of nitrogens with one attached hydrogen (secondary N) is 2. The average Bonchev–Trinajstić information content (AvgIpc) is 3.25. The van der Waals surface area contributed by atoms with Crippen LogP contribution in [0.25, 0.3) is 10.9 Å². The maximum atomic E-state index is 13.2. The van der Waals surface area contributed by atoms with Gasteiger partial charge in [-0.15, -0.1) is 0 Å². The molecule has 1 aliphatic heterocycles. The van der Waals surface area contributed by atoms with E-state index in [1.807, 2.05) is 13.0 Å². The molecule has 3 aromatic rings. The van der Waals surface area contributed by atoms with Crippen LogP contribution >= 0.6 is 23.2 Å². The Labute approximate surface area is 166 Å². The van der Waals surface area contributed by atoms with E-state index in [0.717, 1.165) is 17.5 Å². The minimum atomic E-state index is -0.286. The molecule has 3 heterocycles. The molecule has 1 unspecified atom stereocenters. The summed E-state index contributed by atoms with van der Waals surface area (Å²) in [7, 11) is 0. The van der Waals surface area contributed by atoms with E-state index >= 15 is 0 Å². The number of carbonyl (C=O) groups excluding carboxylic acids is 1. The summed E-state index contributed by atoms with van der Waals surface area (Å²) in [5.41, 5.74) is 2.38. The van der Waals surface area contributed by atoms with Crippen molar-refractivity contribution < 1.29 is 4.79 Å². The van der Waals surface area contributed by atoms with Crippen LogP contribution in [0.15, 0.2) is 35.4 Å². The predicted molar refractivity (Wildman–Crippen MR) is 108 cm³/mol. The summed E-state index contributed by atoms with van der Waals surface area (Å²) in [4.78, 5) is 33.0. The first kappa shape index (κ1) is 18.1. The number of likely N-dealkylation sites (tertiary alicyclic amines) is 1. The number of halogens is 2. The molecular formula is C20H19Cl2N3O2. The maximum Gasteiger partial charge on any atom is 0.258 e. The van der Waals surface area contributed by atoms with Gasteiger partial charge in [0.2, 0.25) is 0 Å². The van der Waals surface area contributed by atoms with Crippen LogP contribution in [0, 0.1) is 6.92 Å². The van der Waals surface area contributed by atoms with Crippen LogP contribution in [-0.2, 0) is 5.41 Å². The zero-order valence-electron chi connectivity index (χ0n) is 15.0. The first-order valence-electron chi connectivity index (χ1n) is 8.74. The molecule has 0 aliphatic carbocycles. The van der Waals surface area contributed by atoms with Crippen molar-refractivity contribution in [3.05, 3.63) is 67.7 Å². The number of aromatic amines is 2. The molecule has 4 rings (SSSR count). The number of H-pyrrole nitrogens is 2. The van der Waals surface area contributed by atoms with Crippen LogP contribution in [-0.4, -0.2) is 33.9 Å². The number of benzene rings is 1. The van der Waals surface area contributed by atoms with Crippen molar-refractivity contribution in [2.24, 2.45) is 0 Å². The fourth-order valence-corrected chi connectivity index (χ4v) is 4.46. The van der Waals surface area contributed by atoms with Crippen LogP contribution in [0.4, 0.5) is 0 Å². The van der Waals surface area contributed by atoms with Crippen LogP contribution in [0.3, 0.4) is 0 Å². The third-order valence-electron chi connectivity index (χ3n) is 5.49. The third kappa shape index (κ3) is 2.95. The van der Waals surface area contributed by atoms with Gasteiger partial charge in [-0.3, -0.25) is 9.59 Å². The van der Waals surface area contributed by atoms with Gasteiger partial charge in [0.05, 0.1) is 16.5 Å². The highest BCUT2D eigenvalue weighted by Crippen LogP contribution is 2.39. The summed E-state index contributed by atoms with van der Waals surface area (Å²) < 4.78 is 0. The number of aryl methyl sites for hydroxylation is 1. The van der Waals surface area contributed by atoms with E-state index in [1.54, 1.807) is 29.4 Å². The van der Waals surface area contributed by atoms with Crippen LogP contribution in [0.1, 0.15) is 34.8 Å². The highest BCUT2D eigenvalue weighted by molar-refractivity contribution is 6.33. The number of pyridine rings is 1. The van der Waals surface area contributed by atoms with E-state index in [0.29, 0.717) is 39.6 Å². The van der Waals surface area contributed by atoms with Gasteiger partial charge in [-0.1, -0.05) is 30.1 Å². The molecular weight excluding hydrogens is 385 g/mol. The van der Waals surface area contributed by atoms with Gasteiger partial charge in [-0.25, -0.2) is 0 Å². The van der Waals surface area contributed by atoms with Gasteiger partial charge in [0.25, 0.3) is 11.5 Å². The molecule has 1 saturated heterocycles. The van der Waals surface area contributed by atoms with Crippen molar-refractivity contribution in [1.29, 1.82) is 0 Å². The summed E-state index contributed by atoms with van der Waals surface area (Å²) in [6, 6.07) is 5.42. The molecule has 1 aliphatic rings. The topological polar surface area (TPSA) is 69.0 Å². The van der Waals surface area contributed by atoms with Crippen LogP contribution < -0.4 is 5.56 Å². The number of carbonyl (C=O) groups is 1. The minimum absolute atomic E-state index is 0.153. The summed E-state index contributed by atoms with van der Waals surface area (Å²) in [5.74, 6) is -0.153. The molecule has 2 aromatic heterocycles. The zero-order chi connectivity index (χ0) is 19.3. The van der Waals surface area contributed by atoms with E-state index in [4.69, 9.17) is 23.2 Å². The van der Waals surface area contributed by atoms with Crippen molar-refractivity contribution in [1.82, 2.24) is 14.9 Å². The second-order valence-electron chi connectivity index (χ2n) is 7.41. The van der Waals surface area contributed by atoms with E-state index in [2.05, 4.69) is 16.9 Å². The van der Waals surface area contributed by atoms with Gasteiger partial charge in [0.1, 0.15) is 0 Å². The molecule has 0 saturated carbocycles. The van der Waals surface area contributed by atoms with Gasteiger partial charge in [-0.05, 0) is 42.7 Å². The summed E-state index contributed by atoms with van der Waals surface area (Å²) in [5, 5.41) is 1.68. The number of amides is 1. The van der Waals surface area contributed by atoms with Crippen molar-refractivity contribution in [3.63, 3.8) is 0 Å². The Kier molecular flexibility index (Phi) is 4.32. The third-order valence-corrected chi connectivity index (χ3v) is 6.06. The largest absolute Gasteiger partial charge is 0.360 e. The second kappa shape index (κ2) is 6.43. The van der Waals surface area contributed by atoms with Gasteiger partial charge < -0.3 is 14.9 Å². The standard InChI is InChI=1S/C20H19Cl2N3O2/c1-11-8-24-18(26)16-13(9-23-17(11)16)19(27)25-6-5-20(2,10-25)14-7-12(21)3-4-15(14)22/h3-4,7-9,23H,5-6,10H2,1-2H3,(H,24,26). The van der Waals surface area contributed by atoms with Crippen molar-refractivity contribution >= 4 is 40.0 Å². The van der Waals surface area contributed by atoms with Crippen molar-refractivity contribution in [2.75, 3.05) is 13.1 Å². The quantitative estimate of drug-likeness (QED) is 0.670. The number of hydrogen-bond acceptors (Lipinski definition) is 2. The highest BCUT2D eigenvalue weighted by atomic mass is 35.5. The normalized spacial score (nSPS) is 19.8. The molecule has 1 fully saturated rings. The first-order valence-corrected chi connectivity index (χ1v) is 9.50. The molecule has 5 nitrogen and oxygen atoms in total. The lowest BCUT2D eigenvalue weighted by Crippen LogP contribution is -2.33. The molecule has 0 spiro atoms. The average molecular weight is 404 g/mol. The maximum absolute atomic E-state index is 13.2. The molecule has 1 atom stereocenters. The summed E-state index contributed by atoms with van der Waals surface area (Å²) >= 11 is 12.5. The number of nitrogens with zero attached hydrogens (tertiary/aromatic N) is 1. The fraction of sp³-hybridized carbons (Fsp3) is 0.300. The predicted octanol–water partition coefficient (Wildman–Crippen LogP) is 4.28. The Morgan fingerprint density at radius 3 is 2.78 bits per heavy atom. The molecule has 140 valence electrons. The van der Waals surface area contributed by atoms with Gasteiger partial charge in [0, 0.05) is 40.9 Å². The van der Waals surface area contributed by atoms with E-state index < -0.39 is 0 Å². The summed E-state index contributed by atoms with van der Waals surface area (Å²) in [6.07, 6.45) is 4.04. The fourth-order valence-electron chi connectivity index (χ4n) is 3.94. The van der Waals surface area contributed by atoms with Crippen molar-refractivity contribution in [2.45, 2.75) is 25.7 Å². The lowest BCUT2D eigenvalue weighted by molar-refractivity contribution is 0.0786. The smallest absolute Gasteiger partial charge is 0.258 e. The number of aromatic nitrogens is 2. The minimum Gasteiger partial charge on any atom is -0.360 e.